The molecule has 0 amide bonds. The van der Waals surface area contributed by atoms with Gasteiger partial charge in [-0.05, 0) is 26.3 Å². The lowest BCUT2D eigenvalue weighted by Crippen LogP contribution is -2.41. The standard InChI is InChI=1S/C11H16N6/c1-7-4-8(2-3-12-7)17-11-9-10(14-5-13-9)15-6-16-11/h5-8,12H,2-4H2,1H3,(H2,13,14,15,16,17). The van der Waals surface area contributed by atoms with Gasteiger partial charge in [0.15, 0.2) is 11.5 Å². The molecule has 3 heterocycles. The van der Waals surface area contributed by atoms with Crippen LogP contribution in [-0.4, -0.2) is 38.6 Å². The van der Waals surface area contributed by atoms with Gasteiger partial charge in [0.2, 0.25) is 0 Å². The van der Waals surface area contributed by atoms with E-state index >= 15 is 0 Å². The number of H-pyrrole nitrogens is 1. The van der Waals surface area contributed by atoms with Crippen LogP contribution in [0.4, 0.5) is 5.82 Å². The summed E-state index contributed by atoms with van der Waals surface area (Å²) in [5.74, 6) is 0.853. The average Bonchev–Trinajstić information content (AvgIpc) is 2.78. The predicted molar refractivity (Wildman–Crippen MR) is 65.8 cm³/mol. The number of aromatic nitrogens is 4. The zero-order valence-electron chi connectivity index (χ0n) is 9.77. The maximum Gasteiger partial charge on any atom is 0.182 e. The van der Waals surface area contributed by atoms with E-state index < -0.39 is 0 Å². The van der Waals surface area contributed by atoms with Gasteiger partial charge in [-0.2, -0.15) is 0 Å². The zero-order valence-corrected chi connectivity index (χ0v) is 9.77. The van der Waals surface area contributed by atoms with Crippen LogP contribution in [0.3, 0.4) is 0 Å². The van der Waals surface area contributed by atoms with E-state index in [0.29, 0.717) is 17.7 Å². The number of hydrogen-bond acceptors (Lipinski definition) is 5. The third-order valence-electron chi connectivity index (χ3n) is 3.19. The lowest BCUT2D eigenvalue weighted by Gasteiger charge is -2.29. The number of rotatable bonds is 2. The van der Waals surface area contributed by atoms with Crippen molar-refractivity contribution in [2.24, 2.45) is 0 Å². The van der Waals surface area contributed by atoms with Crippen molar-refractivity contribution in [2.45, 2.75) is 31.8 Å². The summed E-state index contributed by atoms with van der Waals surface area (Å²) in [4.78, 5) is 15.6. The average molecular weight is 232 g/mol. The highest BCUT2D eigenvalue weighted by atomic mass is 15.1. The van der Waals surface area contributed by atoms with Gasteiger partial charge < -0.3 is 15.6 Å². The topological polar surface area (TPSA) is 78.5 Å². The number of hydrogen-bond donors (Lipinski definition) is 3. The van der Waals surface area contributed by atoms with Crippen LogP contribution < -0.4 is 10.6 Å². The fourth-order valence-electron chi connectivity index (χ4n) is 2.33. The molecule has 90 valence electrons. The van der Waals surface area contributed by atoms with Gasteiger partial charge in [-0.3, -0.25) is 0 Å². The number of fused-ring (bicyclic) bond motifs is 1. The maximum atomic E-state index is 4.28. The summed E-state index contributed by atoms with van der Waals surface area (Å²) in [6.45, 7) is 3.26. The van der Waals surface area contributed by atoms with Crippen LogP contribution in [0.1, 0.15) is 19.8 Å². The molecule has 17 heavy (non-hydrogen) atoms. The number of nitrogens with one attached hydrogen (secondary N) is 3. The minimum Gasteiger partial charge on any atom is -0.365 e. The lowest BCUT2D eigenvalue weighted by atomic mass is 10.0. The van der Waals surface area contributed by atoms with E-state index in [1.165, 1.54) is 0 Å². The monoisotopic (exact) mass is 232 g/mol. The summed E-state index contributed by atoms with van der Waals surface area (Å²) < 4.78 is 0. The SMILES string of the molecule is CC1CC(Nc2ncnc3nc[nH]c23)CCN1. The second kappa shape index (κ2) is 4.29. The Morgan fingerprint density at radius 1 is 1.35 bits per heavy atom. The van der Waals surface area contributed by atoms with Crippen molar-refractivity contribution in [1.29, 1.82) is 0 Å². The molecular formula is C11H16N6. The molecule has 0 bridgehead atoms. The van der Waals surface area contributed by atoms with Gasteiger partial charge in [-0.25, -0.2) is 15.0 Å². The Balaban J connectivity index is 1.82. The molecule has 2 aromatic heterocycles. The molecular weight excluding hydrogens is 216 g/mol. The van der Waals surface area contributed by atoms with Gasteiger partial charge in [0.25, 0.3) is 0 Å². The number of imidazole rings is 1. The van der Waals surface area contributed by atoms with Gasteiger partial charge >= 0.3 is 0 Å². The Kier molecular flexibility index (Phi) is 2.64. The van der Waals surface area contributed by atoms with Crippen molar-refractivity contribution in [1.82, 2.24) is 25.3 Å². The van der Waals surface area contributed by atoms with Crippen molar-refractivity contribution in [3.8, 4) is 0 Å². The van der Waals surface area contributed by atoms with Crippen LogP contribution >= 0.6 is 0 Å². The van der Waals surface area contributed by atoms with Crippen LogP contribution in [0, 0.1) is 0 Å². The molecule has 1 saturated heterocycles. The van der Waals surface area contributed by atoms with Crippen LogP contribution in [0.5, 0.6) is 0 Å². The van der Waals surface area contributed by atoms with E-state index in [9.17, 15) is 0 Å². The number of piperidine rings is 1. The highest BCUT2D eigenvalue weighted by molar-refractivity contribution is 5.82. The Morgan fingerprint density at radius 3 is 3.18 bits per heavy atom. The second-order valence-corrected chi connectivity index (χ2v) is 4.54. The van der Waals surface area contributed by atoms with E-state index in [-0.39, 0.29) is 0 Å². The van der Waals surface area contributed by atoms with Gasteiger partial charge in [0.05, 0.1) is 6.33 Å². The lowest BCUT2D eigenvalue weighted by molar-refractivity contribution is 0.396. The molecule has 6 nitrogen and oxygen atoms in total. The van der Waals surface area contributed by atoms with E-state index in [1.54, 1.807) is 12.7 Å². The van der Waals surface area contributed by atoms with E-state index in [1.807, 2.05) is 0 Å². The van der Waals surface area contributed by atoms with Crippen molar-refractivity contribution >= 4 is 17.0 Å². The highest BCUT2D eigenvalue weighted by Gasteiger charge is 2.19. The Labute approximate surface area is 99.3 Å². The van der Waals surface area contributed by atoms with Crippen LogP contribution in [0.15, 0.2) is 12.7 Å². The van der Waals surface area contributed by atoms with Crippen molar-refractivity contribution in [2.75, 3.05) is 11.9 Å². The molecule has 0 spiro atoms. The molecule has 1 fully saturated rings. The molecule has 0 aromatic carbocycles. The number of aromatic amines is 1. The smallest absolute Gasteiger partial charge is 0.182 e. The van der Waals surface area contributed by atoms with Crippen LogP contribution in [0.2, 0.25) is 0 Å². The highest BCUT2D eigenvalue weighted by Crippen LogP contribution is 2.19. The molecule has 2 atom stereocenters. The summed E-state index contributed by atoms with van der Waals surface area (Å²) in [6, 6.07) is 1.02. The summed E-state index contributed by atoms with van der Waals surface area (Å²) >= 11 is 0. The molecule has 0 saturated carbocycles. The third-order valence-corrected chi connectivity index (χ3v) is 3.19. The first-order chi connectivity index (χ1) is 8.33. The summed E-state index contributed by atoms with van der Waals surface area (Å²) in [7, 11) is 0. The minimum atomic E-state index is 0.465. The first-order valence-electron chi connectivity index (χ1n) is 5.97. The molecule has 1 aliphatic rings. The Morgan fingerprint density at radius 2 is 2.29 bits per heavy atom. The van der Waals surface area contributed by atoms with Crippen LogP contribution in [0.25, 0.3) is 11.2 Å². The molecule has 2 aromatic rings. The third kappa shape index (κ3) is 2.08. The fourth-order valence-corrected chi connectivity index (χ4v) is 2.33. The number of nitrogens with zero attached hydrogens (tertiary/aromatic N) is 3. The Hall–Kier alpha value is -1.69. The summed E-state index contributed by atoms with van der Waals surface area (Å²) in [6.07, 6.45) is 5.43. The van der Waals surface area contributed by atoms with E-state index in [2.05, 4.69) is 37.5 Å². The quantitative estimate of drug-likeness (QED) is 0.717. The molecule has 0 radical (unpaired) electrons. The second-order valence-electron chi connectivity index (χ2n) is 4.54. The fraction of sp³-hybridized carbons (Fsp3) is 0.545. The van der Waals surface area contributed by atoms with E-state index in [0.717, 1.165) is 30.7 Å². The van der Waals surface area contributed by atoms with Crippen molar-refractivity contribution in [3.63, 3.8) is 0 Å². The predicted octanol–water partition coefficient (Wildman–Crippen LogP) is 0.905. The molecule has 1 aliphatic heterocycles. The Bertz CT molecular complexity index is 507. The van der Waals surface area contributed by atoms with Gasteiger partial charge in [0.1, 0.15) is 11.8 Å². The molecule has 2 unspecified atom stereocenters. The largest absolute Gasteiger partial charge is 0.365 e. The van der Waals surface area contributed by atoms with E-state index in [4.69, 9.17) is 0 Å². The first kappa shape index (κ1) is 10.5. The van der Waals surface area contributed by atoms with Gasteiger partial charge in [-0.15, -0.1) is 0 Å². The molecule has 0 aliphatic carbocycles. The minimum absolute atomic E-state index is 0.465. The normalized spacial score (nSPS) is 25.0. The van der Waals surface area contributed by atoms with Gasteiger partial charge in [-0.1, -0.05) is 0 Å². The summed E-state index contributed by atoms with van der Waals surface area (Å²) in [5, 5.41) is 6.91. The van der Waals surface area contributed by atoms with Gasteiger partial charge in [0, 0.05) is 12.1 Å². The zero-order chi connectivity index (χ0) is 11.7. The molecule has 3 N–H and O–H groups in total. The molecule has 3 rings (SSSR count). The number of anilines is 1. The van der Waals surface area contributed by atoms with Crippen molar-refractivity contribution in [3.05, 3.63) is 12.7 Å². The molecule has 6 heteroatoms. The first-order valence-corrected chi connectivity index (χ1v) is 5.97. The maximum absolute atomic E-state index is 4.28. The van der Waals surface area contributed by atoms with Crippen molar-refractivity contribution < 1.29 is 0 Å². The van der Waals surface area contributed by atoms with Crippen LogP contribution in [-0.2, 0) is 0 Å². The summed E-state index contributed by atoms with van der Waals surface area (Å²) in [5.41, 5.74) is 1.60.